The first-order valence-corrected chi connectivity index (χ1v) is 5.17. The van der Waals surface area contributed by atoms with Gasteiger partial charge in [-0.15, -0.1) is 11.8 Å². The fraction of sp³-hybridized carbons (Fsp3) is 0.200. The number of hydrogen-bond donors (Lipinski definition) is 0. The van der Waals surface area contributed by atoms with Gasteiger partial charge < -0.3 is 4.57 Å². The van der Waals surface area contributed by atoms with E-state index < -0.39 is 0 Å². The summed E-state index contributed by atoms with van der Waals surface area (Å²) in [6.45, 7) is 0. The number of hydrogen-bond acceptors (Lipinski definition) is 3. The Morgan fingerprint density at radius 3 is 2.50 bits per heavy atom. The summed E-state index contributed by atoms with van der Waals surface area (Å²) in [5.41, 5.74) is 0.992. The molecule has 14 heavy (non-hydrogen) atoms. The van der Waals surface area contributed by atoms with Crippen molar-refractivity contribution in [3.63, 3.8) is 0 Å². The Morgan fingerprint density at radius 2 is 2.07 bits per heavy atom. The summed E-state index contributed by atoms with van der Waals surface area (Å²) < 4.78 is 1.94. The van der Waals surface area contributed by atoms with E-state index >= 15 is 0 Å². The topological polar surface area (TPSA) is 52.5 Å². The van der Waals surface area contributed by atoms with Gasteiger partial charge in [-0.05, 0) is 24.5 Å². The van der Waals surface area contributed by atoms with Crippen molar-refractivity contribution in [1.82, 2.24) is 4.57 Å². The minimum atomic E-state index is 0.124. The molecule has 0 saturated carbocycles. The van der Waals surface area contributed by atoms with Crippen molar-refractivity contribution in [3.8, 4) is 12.1 Å². The standard InChI is InChI=1S/C10H9N3S/c1-13-9(3-4-10(13)14-2)5-8(6-11)7-12/h3-5H,1-2H3. The van der Waals surface area contributed by atoms with Crippen LogP contribution in [-0.2, 0) is 7.05 Å². The van der Waals surface area contributed by atoms with E-state index in [1.165, 1.54) is 0 Å². The van der Waals surface area contributed by atoms with E-state index in [1.807, 2.05) is 42.1 Å². The summed E-state index contributed by atoms with van der Waals surface area (Å²) in [5, 5.41) is 18.3. The Labute approximate surface area is 87.3 Å². The number of thioether (sulfide) groups is 1. The summed E-state index contributed by atoms with van der Waals surface area (Å²) >= 11 is 1.63. The lowest BCUT2D eigenvalue weighted by Crippen LogP contribution is -1.92. The van der Waals surface area contributed by atoms with Crippen LogP contribution < -0.4 is 0 Å². The maximum atomic E-state index is 8.59. The zero-order valence-electron chi connectivity index (χ0n) is 7.98. The molecule has 3 nitrogen and oxygen atoms in total. The molecule has 0 spiro atoms. The third kappa shape index (κ3) is 1.99. The highest BCUT2D eigenvalue weighted by Crippen LogP contribution is 2.18. The second-order valence-corrected chi connectivity index (χ2v) is 3.47. The molecule has 0 bridgehead atoms. The van der Waals surface area contributed by atoms with Crippen LogP contribution in [0.25, 0.3) is 6.08 Å². The van der Waals surface area contributed by atoms with Crippen molar-refractivity contribution in [1.29, 1.82) is 10.5 Å². The molecule has 0 aliphatic carbocycles. The van der Waals surface area contributed by atoms with Gasteiger partial charge >= 0.3 is 0 Å². The van der Waals surface area contributed by atoms with E-state index in [2.05, 4.69) is 0 Å². The van der Waals surface area contributed by atoms with Gasteiger partial charge in [-0.2, -0.15) is 10.5 Å². The zero-order chi connectivity index (χ0) is 10.6. The molecule has 1 aromatic rings. The predicted octanol–water partition coefficient (Wildman–Crippen LogP) is 2.18. The monoisotopic (exact) mass is 203 g/mol. The van der Waals surface area contributed by atoms with Crippen LogP contribution >= 0.6 is 11.8 Å². The molecule has 1 aromatic heterocycles. The molecule has 0 N–H and O–H groups in total. The van der Waals surface area contributed by atoms with Gasteiger partial charge in [0.1, 0.15) is 17.7 Å². The van der Waals surface area contributed by atoms with Crippen LogP contribution in [0, 0.1) is 22.7 Å². The van der Waals surface area contributed by atoms with E-state index in [-0.39, 0.29) is 5.57 Å². The van der Waals surface area contributed by atoms with Gasteiger partial charge in [-0.3, -0.25) is 0 Å². The lowest BCUT2D eigenvalue weighted by Gasteiger charge is -2.00. The molecule has 0 unspecified atom stereocenters. The van der Waals surface area contributed by atoms with Crippen LogP contribution in [0.15, 0.2) is 22.7 Å². The van der Waals surface area contributed by atoms with E-state index in [0.717, 1.165) is 10.7 Å². The largest absolute Gasteiger partial charge is 0.339 e. The number of nitrogens with zero attached hydrogens (tertiary/aromatic N) is 3. The van der Waals surface area contributed by atoms with Crippen molar-refractivity contribution >= 4 is 17.8 Å². The second-order valence-electron chi connectivity index (χ2n) is 2.64. The van der Waals surface area contributed by atoms with Crippen molar-refractivity contribution in [2.45, 2.75) is 5.03 Å². The molecule has 4 heteroatoms. The molecular formula is C10H9N3S. The van der Waals surface area contributed by atoms with Crippen LogP contribution in [0.4, 0.5) is 0 Å². The SMILES string of the molecule is CSc1ccc(C=C(C#N)C#N)n1C. The number of nitriles is 2. The van der Waals surface area contributed by atoms with Gasteiger partial charge in [0.15, 0.2) is 0 Å². The zero-order valence-corrected chi connectivity index (χ0v) is 8.80. The molecule has 0 radical (unpaired) electrons. The summed E-state index contributed by atoms with van der Waals surface area (Å²) in [7, 11) is 1.91. The smallest absolute Gasteiger partial charge is 0.131 e. The highest BCUT2D eigenvalue weighted by atomic mass is 32.2. The minimum Gasteiger partial charge on any atom is -0.339 e. The second kappa shape index (κ2) is 4.55. The maximum absolute atomic E-state index is 8.59. The summed E-state index contributed by atoms with van der Waals surface area (Å²) in [6.07, 6.45) is 3.57. The molecule has 1 heterocycles. The Kier molecular flexibility index (Phi) is 3.39. The fourth-order valence-corrected chi connectivity index (χ4v) is 1.68. The van der Waals surface area contributed by atoms with Crippen molar-refractivity contribution in [3.05, 3.63) is 23.4 Å². The highest BCUT2D eigenvalue weighted by Gasteiger charge is 2.02. The van der Waals surface area contributed by atoms with E-state index in [4.69, 9.17) is 10.5 Å². The number of aromatic nitrogens is 1. The van der Waals surface area contributed by atoms with Crippen LogP contribution in [0.1, 0.15) is 5.69 Å². The summed E-state index contributed by atoms with van der Waals surface area (Å²) in [4.78, 5) is 0. The Hall–Kier alpha value is -1.65. The van der Waals surface area contributed by atoms with Gasteiger partial charge in [0.25, 0.3) is 0 Å². The number of allylic oxidation sites excluding steroid dienone is 1. The molecule has 0 atom stereocenters. The van der Waals surface area contributed by atoms with E-state index in [0.29, 0.717) is 0 Å². The van der Waals surface area contributed by atoms with E-state index in [9.17, 15) is 0 Å². The first-order valence-electron chi connectivity index (χ1n) is 3.94. The Balaban J connectivity index is 3.12. The lowest BCUT2D eigenvalue weighted by molar-refractivity contribution is 0.820. The molecule has 70 valence electrons. The van der Waals surface area contributed by atoms with Crippen LogP contribution in [0.5, 0.6) is 0 Å². The third-order valence-corrected chi connectivity index (χ3v) is 2.69. The maximum Gasteiger partial charge on any atom is 0.131 e. The average Bonchev–Trinajstić information content (AvgIpc) is 2.56. The molecule has 0 aromatic carbocycles. The first-order chi connectivity index (χ1) is 6.72. The van der Waals surface area contributed by atoms with Crippen LogP contribution in [0.3, 0.4) is 0 Å². The molecule has 1 rings (SSSR count). The number of rotatable bonds is 2. The van der Waals surface area contributed by atoms with Gasteiger partial charge in [0.2, 0.25) is 0 Å². The highest BCUT2D eigenvalue weighted by molar-refractivity contribution is 7.98. The van der Waals surface area contributed by atoms with Crippen LogP contribution in [-0.4, -0.2) is 10.8 Å². The summed E-state index contributed by atoms with van der Waals surface area (Å²) in [5.74, 6) is 0. The average molecular weight is 203 g/mol. The van der Waals surface area contributed by atoms with Crippen molar-refractivity contribution in [2.75, 3.05) is 6.26 Å². The van der Waals surface area contributed by atoms with E-state index in [1.54, 1.807) is 17.8 Å². The van der Waals surface area contributed by atoms with Gasteiger partial charge in [0.05, 0.1) is 5.03 Å². The molecule has 0 saturated heterocycles. The van der Waals surface area contributed by atoms with Gasteiger partial charge in [-0.25, -0.2) is 0 Å². The lowest BCUT2D eigenvalue weighted by atomic mass is 10.2. The molecule has 0 aliphatic rings. The van der Waals surface area contributed by atoms with Crippen molar-refractivity contribution < 1.29 is 0 Å². The van der Waals surface area contributed by atoms with Gasteiger partial charge in [0, 0.05) is 12.7 Å². The quantitative estimate of drug-likeness (QED) is 0.546. The molecule has 0 fully saturated rings. The summed E-state index contributed by atoms with van der Waals surface area (Å²) in [6, 6.07) is 7.52. The normalized spacial score (nSPS) is 8.86. The van der Waals surface area contributed by atoms with Gasteiger partial charge in [-0.1, -0.05) is 0 Å². The first kappa shape index (κ1) is 10.4. The Bertz CT molecular complexity index is 427. The Morgan fingerprint density at radius 1 is 1.43 bits per heavy atom. The predicted molar refractivity (Wildman–Crippen MR) is 56.4 cm³/mol. The van der Waals surface area contributed by atoms with Crippen LogP contribution in [0.2, 0.25) is 0 Å². The molecular weight excluding hydrogens is 194 g/mol. The molecule has 0 amide bonds. The fourth-order valence-electron chi connectivity index (χ4n) is 1.09. The molecule has 0 aliphatic heterocycles. The van der Waals surface area contributed by atoms with Crippen molar-refractivity contribution in [2.24, 2.45) is 7.05 Å². The minimum absolute atomic E-state index is 0.124. The third-order valence-electron chi connectivity index (χ3n) is 1.86.